The summed E-state index contributed by atoms with van der Waals surface area (Å²) in [5.74, 6) is -0.927. The van der Waals surface area contributed by atoms with E-state index in [4.69, 9.17) is 16.7 Å². The zero-order valence-corrected chi connectivity index (χ0v) is 6.36. The molecule has 0 aromatic rings. The van der Waals surface area contributed by atoms with Crippen LogP contribution < -0.4 is 0 Å². The first-order valence-corrected chi connectivity index (χ1v) is 4.53. The fourth-order valence-corrected chi connectivity index (χ4v) is 1.20. The van der Waals surface area contributed by atoms with Crippen LogP contribution in [0.2, 0.25) is 0 Å². The minimum absolute atomic E-state index is 0.0536. The molecule has 1 unspecified atom stereocenters. The lowest BCUT2D eigenvalue weighted by Crippen LogP contribution is -1.95. The lowest BCUT2D eigenvalue weighted by Gasteiger charge is -1.80. The van der Waals surface area contributed by atoms with Crippen molar-refractivity contribution in [3.63, 3.8) is 0 Å². The molecule has 0 aliphatic carbocycles. The third-order valence-electron chi connectivity index (χ3n) is 0.708. The van der Waals surface area contributed by atoms with Crippen molar-refractivity contribution in [2.24, 2.45) is 0 Å². The summed E-state index contributed by atoms with van der Waals surface area (Å²) in [5, 5.41) is 8.09. The van der Waals surface area contributed by atoms with Crippen molar-refractivity contribution in [3.05, 3.63) is 0 Å². The highest BCUT2D eigenvalue weighted by atomic mass is 35.5. The molecule has 0 spiro atoms. The molecule has 0 bridgehead atoms. The molecule has 0 rings (SSSR count). The van der Waals surface area contributed by atoms with Crippen molar-refractivity contribution in [1.29, 1.82) is 0 Å². The molecule has 0 amide bonds. The van der Waals surface area contributed by atoms with E-state index in [0.29, 0.717) is 0 Å². The zero-order valence-electron chi connectivity index (χ0n) is 4.71. The zero-order chi connectivity index (χ0) is 7.28. The van der Waals surface area contributed by atoms with Crippen molar-refractivity contribution in [2.75, 3.05) is 11.8 Å². The van der Waals surface area contributed by atoms with Gasteiger partial charge in [0.1, 0.15) is 0 Å². The average Bonchev–Trinajstić information content (AvgIpc) is 1.83. The molecule has 0 aliphatic rings. The van der Waals surface area contributed by atoms with Gasteiger partial charge in [-0.15, -0.1) is 0 Å². The van der Waals surface area contributed by atoms with Gasteiger partial charge in [-0.2, -0.15) is 0 Å². The van der Waals surface area contributed by atoms with E-state index in [1.54, 1.807) is 0 Å². The highest BCUT2D eigenvalue weighted by Crippen LogP contribution is 2.21. The normalized spacial score (nSPS) is 11.0. The fraction of sp³-hybridized carbons (Fsp3) is 0.750. The quantitative estimate of drug-likeness (QED) is 0.512. The molecule has 0 heterocycles. The van der Waals surface area contributed by atoms with Gasteiger partial charge in [0, 0.05) is 0 Å². The van der Waals surface area contributed by atoms with E-state index in [2.05, 4.69) is 0 Å². The first-order chi connectivity index (χ1) is 4.16. The predicted molar refractivity (Wildman–Crippen MR) is 35.4 cm³/mol. The fourth-order valence-electron chi connectivity index (χ4n) is 0.280. The first-order valence-electron chi connectivity index (χ1n) is 2.36. The lowest BCUT2D eigenvalue weighted by atomic mass is 10.5. The van der Waals surface area contributed by atoms with Gasteiger partial charge in [-0.05, 0) is 0 Å². The maximum atomic E-state index is 10.5. The monoisotopic (exact) mass is 169 g/mol. The van der Waals surface area contributed by atoms with Crippen molar-refractivity contribution in [1.82, 2.24) is 0 Å². The van der Waals surface area contributed by atoms with Crippen LogP contribution in [-0.4, -0.2) is 22.9 Å². The molecule has 0 aromatic carbocycles. The van der Waals surface area contributed by atoms with Gasteiger partial charge in [-0.1, -0.05) is 16.2 Å². The molecule has 3 nitrogen and oxygen atoms in total. The Kier molecular flexibility index (Phi) is 4.64. The van der Waals surface area contributed by atoms with Gasteiger partial charge >= 0.3 is 13.8 Å². The Labute approximate surface area is 58.8 Å². The summed E-state index contributed by atoms with van der Waals surface area (Å²) in [6.07, 6.45) is 0.135. The van der Waals surface area contributed by atoms with Crippen LogP contribution in [0, 0.1) is 0 Å². The number of halogens is 1. The number of hydrogen-bond acceptors (Lipinski definition) is 2. The van der Waals surface area contributed by atoms with E-state index in [9.17, 15) is 9.36 Å². The van der Waals surface area contributed by atoms with Crippen molar-refractivity contribution in [3.8, 4) is 0 Å². The minimum Gasteiger partial charge on any atom is -0.481 e. The largest absolute Gasteiger partial charge is 0.481 e. The van der Waals surface area contributed by atoms with Gasteiger partial charge in [0.15, 0.2) is 6.16 Å². The van der Waals surface area contributed by atoms with E-state index >= 15 is 0 Å². The Morgan fingerprint density at radius 1 is 1.67 bits per heavy atom. The molecule has 0 aliphatic heterocycles. The summed E-state index contributed by atoms with van der Waals surface area (Å²) in [7, 11) is -1.48. The standard InChI is InChI=1S/C4H6ClO3P/c5-3-9(8)2-1-4(6)7/h1-3H2/p+1. The van der Waals surface area contributed by atoms with E-state index in [-0.39, 0.29) is 18.2 Å². The molecule has 0 radical (unpaired) electrons. The number of carboxylic acid groups (broad SMARTS) is 1. The van der Waals surface area contributed by atoms with E-state index in [0.717, 1.165) is 0 Å². The Morgan fingerprint density at radius 3 is 2.56 bits per heavy atom. The van der Waals surface area contributed by atoms with Crippen molar-refractivity contribution < 1.29 is 14.5 Å². The first kappa shape index (κ1) is 8.86. The summed E-state index contributed by atoms with van der Waals surface area (Å²) in [6.45, 7) is 0. The Hall–Kier alpha value is -0.140. The SMILES string of the molecule is O=C(O)CC[P+](=O)CCl. The second kappa shape index (κ2) is 4.71. The summed E-state index contributed by atoms with van der Waals surface area (Å²) in [5.41, 5.74) is 0.0581. The van der Waals surface area contributed by atoms with Crippen LogP contribution in [-0.2, 0) is 9.36 Å². The second-order valence-corrected chi connectivity index (χ2v) is 3.84. The molecule has 0 saturated carbocycles. The number of carboxylic acids is 1. The third-order valence-corrected chi connectivity index (χ3v) is 2.50. The molecule has 0 fully saturated rings. The second-order valence-electron chi connectivity index (χ2n) is 1.47. The molecule has 1 N–H and O–H groups in total. The van der Waals surface area contributed by atoms with Gasteiger partial charge in [-0.25, -0.2) is 0 Å². The highest BCUT2D eigenvalue weighted by molar-refractivity contribution is 7.46. The molecule has 0 aromatic heterocycles. The summed E-state index contributed by atoms with van der Waals surface area (Å²) in [6, 6.07) is 0. The highest BCUT2D eigenvalue weighted by Gasteiger charge is 2.13. The molecular formula is C4H7ClO3P+. The smallest absolute Gasteiger partial charge is 0.355 e. The number of hydrogen-bond donors (Lipinski definition) is 1. The van der Waals surface area contributed by atoms with E-state index in [1.165, 1.54) is 0 Å². The average molecular weight is 170 g/mol. The van der Waals surface area contributed by atoms with Gasteiger partial charge in [0.2, 0.25) is 5.62 Å². The van der Waals surface area contributed by atoms with Crippen LogP contribution in [0.1, 0.15) is 6.42 Å². The molecule has 1 atom stereocenters. The van der Waals surface area contributed by atoms with Gasteiger partial charge in [0.25, 0.3) is 0 Å². The van der Waals surface area contributed by atoms with Crippen LogP contribution in [0.15, 0.2) is 0 Å². The summed E-state index contributed by atoms with van der Waals surface area (Å²) < 4.78 is 10.5. The lowest BCUT2D eigenvalue weighted by molar-refractivity contribution is -0.136. The van der Waals surface area contributed by atoms with Crippen molar-refractivity contribution in [2.45, 2.75) is 6.42 Å². The van der Waals surface area contributed by atoms with Crippen LogP contribution in [0.4, 0.5) is 0 Å². The molecule has 5 heteroatoms. The van der Waals surface area contributed by atoms with Crippen LogP contribution in [0.3, 0.4) is 0 Å². The van der Waals surface area contributed by atoms with Crippen LogP contribution in [0.5, 0.6) is 0 Å². The van der Waals surface area contributed by atoms with Crippen LogP contribution in [0.25, 0.3) is 0 Å². The van der Waals surface area contributed by atoms with Gasteiger partial charge in [-0.3, -0.25) is 4.79 Å². The van der Waals surface area contributed by atoms with Gasteiger partial charge < -0.3 is 5.11 Å². The molecule has 52 valence electrons. The maximum Gasteiger partial charge on any atom is 0.355 e. The summed E-state index contributed by atoms with van der Waals surface area (Å²) >= 11 is 5.16. The number of alkyl halides is 1. The number of carbonyl (C=O) groups is 1. The Bertz CT molecular complexity index is 125. The topological polar surface area (TPSA) is 54.4 Å². The van der Waals surface area contributed by atoms with E-state index in [1.807, 2.05) is 0 Å². The van der Waals surface area contributed by atoms with E-state index < -0.39 is 13.8 Å². The Balaban J connectivity index is 3.28. The predicted octanol–water partition coefficient (Wildman–Crippen LogP) is 1.48. The van der Waals surface area contributed by atoms with Gasteiger partial charge in [0.05, 0.1) is 6.42 Å². The third kappa shape index (κ3) is 5.74. The number of rotatable bonds is 4. The molecule has 9 heavy (non-hydrogen) atoms. The molecule has 0 saturated heterocycles. The molecular weight excluding hydrogens is 162 g/mol. The van der Waals surface area contributed by atoms with Crippen molar-refractivity contribution >= 4 is 25.4 Å². The Morgan fingerprint density at radius 2 is 2.22 bits per heavy atom. The summed E-state index contributed by atoms with van der Waals surface area (Å²) in [4.78, 5) is 9.85. The maximum absolute atomic E-state index is 10.5. The van der Waals surface area contributed by atoms with Crippen LogP contribution >= 0.6 is 19.4 Å². The number of aliphatic carboxylic acids is 1. The minimum atomic E-state index is -1.48.